The monoisotopic (exact) mass is 277 g/mol. The predicted octanol–water partition coefficient (Wildman–Crippen LogP) is 1.70. The molecule has 0 spiro atoms. The van der Waals surface area contributed by atoms with Crippen LogP contribution in [-0.2, 0) is 6.54 Å². The first-order valence-electron chi connectivity index (χ1n) is 5.62. The van der Waals surface area contributed by atoms with E-state index < -0.39 is 0 Å². The van der Waals surface area contributed by atoms with E-state index in [1.807, 2.05) is 12.1 Å². The number of nitrogens with zero attached hydrogens (tertiary/aromatic N) is 2. The van der Waals surface area contributed by atoms with Crippen molar-refractivity contribution in [1.82, 2.24) is 15.1 Å². The van der Waals surface area contributed by atoms with Gasteiger partial charge in [-0.1, -0.05) is 23.7 Å². The molecule has 0 atom stereocenters. The molecule has 19 heavy (non-hydrogen) atoms. The van der Waals surface area contributed by atoms with Crippen LogP contribution < -0.4 is 5.56 Å². The number of halogens is 1. The Kier molecular flexibility index (Phi) is 3.97. The first-order chi connectivity index (χ1) is 9.06. The standard InChI is InChI=1S/C13H12ClN3O2/c1-17(8-9-3-2-4-10(14)7-9)13(19)11-5-6-12(18)16-15-11/h2-7H,8H2,1H3,(H,16,18). The van der Waals surface area contributed by atoms with E-state index in [0.29, 0.717) is 11.6 Å². The molecule has 0 aliphatic carbocycles. The van der Waals surface area contributed by atoms with E-state index in [1.54, 1.807) is 19.2 Å². The quantitative estimate of drug-likeness (QED) is 0.928. The highest BCUT2D eigenvalue weighted by atomic mass is 35.5. The highest BCUT2D eigenvalue weighted by molar-refractivity contribution is 6.30. The number of amides is 1. The van der Waals surface area contributed by atoms with E-state index in [2.05, 4.69) is 10.2 Å². The molecule has 5 nitrogen and oxygen atoms in total. The summed E-state index contributed by atoms with van der Waals surface area (Å²) < 4.78 is 0. The second-order valence-corrected chi connectivity index (χ2v) is 4.53. The minimum Gasteiger partial charge on any atom is -0.336 e. The van der Waals surface area contributed by atoms with Crippen LogP contribution in [0.1, 0.15) is 16.1 Å². The maximum absolute atomic E-state index is 12.1. The molecule has 0 unspecified atom stereocenters. The average Bonchev–Trinajstić information content (AvgIpc) is 2.39. The van der Waals surface area contributed by atoms with Crippen molar-refractivity contribution in [3.05, 3.63) is 63.0 Å². The van der Waals surface area contributed by atoms with Gasteiger partial charge in [0.2, 0.25) is 0 Å². The number of carbonyl (C=O) groups excluding carboxylic acids is 1. The van der Waals surface area contributed by atoms with Crippen molar-refractivity contribution in [3.63, 3.8) is 0 Å². The molecule has 0 aliphatic rings. The molecule has 0 bridgehead atoms. The molecule has 0 aliphatic heterocycles. The van der Waals surface area contributed by atoms with Gasteiger partial charge in [0.25, 0.3) is 11.5 Å². The number of rotatable bonds is 3. The number of carbonyl (C=O) groups is 1. The summed E-state index contributed by atoms with van der Waals surface area (Å²) in [5, 5.41) is 6.56. The smallest absolute Gasteiger partial charge is 0.274 e. The van der Waals surface area contributed by atoms with Crippen LogP contribution in [-0.4, -0.2) is 28.1 Å². The zero-order valence-corrected chi connectivity index (χ0v) is 11.0. The summed E-state index contributed by atoms with van der Waals surface area (Å²) in [5.74, 6) is -0.267. The Balaban J connectivity index is 2.11. The van der Waals surface area contributed by atoms with Crippen molar-refractivity contribution in [1.29, 1.82) is 0 Å². The first kappa shape index (κ1) is 13.3. The van der Waals surface area contributed by atoms with Crippen LogP contribution >= 0.6 is 11.6 Å². The minimum atomic E-state index is -0.339. The Morgan fingerprint density at radius 3 is 2.79 bits per heavy atom. The fourth-order valence-electron chi connectivity index (χ4n) is 1.64. The average molecular weight is 278 g/mol. The molecule has 1 aromatic carbocycles. The number of nitrogens with one attached hydrogen (secondary N) is 1. The van der Waals surface area contributed by atoms with E-state index in [1.165, 1.54) is 17.0 Å². The minimum absolute atomic E-state index is 0.198. The van der Waals surface area contributed by atoms with Crippen LogP contribution in [0, 0.1) is 0 Å². The van der Waals surface area contributed by atoms with E-state index in [9.17, 15) is 9.59 Å². The first-order valence-corrected chi connectivity index (χ1v) is 6.00. The topological polar surface area (TPSA) is 66.1 Å². The van der Waals surface area contributed by atoms with Crippen molar-refractivity contribution in [3.8, 4) is 0 Å². The lowest BCUT2D eigenvalue weighted by Gasteiger charge is -2.16. The number of hydrogen-bond acceptors (Lipinski definition) is 3. The van der Waals surface area contributed by atoms with Crippen LogP contribution in [0.2, 0.25) is 5.02 Å². The van der Waals surface area contributed by atoms with Crippen LogP contribution in [0.5, 0.6) is 0 Å². The molecule has 2 rings (SSSR count). The Morgan fingerprint density at radius 2 is 2.16 bits per heavy atom. The van der Waals surface area contributed by atoms with Crippen LogP contribution in [0.3, 0.4) is 0 Å². The van der Waals surface area contributed by atoms with Gasteiger partial charge in [-0.2, -0.15) is 5.10 Å². The second kappa shape index (κ2) is 5.67. The largest absolute Gasteiger partial charge is 0.336 e. The van der Waals surface area contributed by atoms with Gasteiger partial charge in [-0.15, -0.1) is 0 Å². The lowest BCUT2D eigenvalue weighted by Crippen LogP contribution is -2.28. The highest BCUT2D eigenvalue weighted by Crippen LogP contribution is 2.12. The zero-order chi connectivity index (χ0) is 13.8. The molecule has 0 radical (unpaired) electrons. The number of hydrogen-bond donors (Lipinski definition) is 1. The molecule has 98 valence electrons. The van der Waals surface area contributed by atoms with E-state index in [4.69, 9.17) is 11.6 Å². The maximum Gasteiger partial charge on any atom is 0.274 e. The molecule has 1 heterocycles. The normalized spacial score (nSPS) is 10.2. The van der Waals surface area contributed by atoms with Gasteiger partial charge in [-0.05, 0) is 23.8 Å². The van der Waals surface area contributed by atoms with E-state index in [0.717, 1.165) is 5.56 Å². The van der Waals surface area contributed by atoms with Crippen molar-refractivity contribution in [2.24, 2.45) is 0 Å². The van der Waals surface area contributed by atoms with Gasteiger partial charge in [0.15, 0.2) is 0 Å². The Bertz CT molecular complexity index is 634. The summed E-state index contributed by atoms with van der Waals surface area (Å²) in [4.78, 5) is 24.4. The van der Waals surface area contributed by atoms with E-state index >= 15 is 0 Å². The van der Waals surface area contributed by atoms with Crippen LogP contribution in [0.4, 0.5) is 0 Å². The van der Waals surface area contributed by atoms with Crippen molar-refractivity contribution < 1.29 is 4.79 Å². The highest BCUT2D eigenvalue weighted by Gasteiger charge is 2.13. The molecule has 6 heteroatoms. The number of aromatic nitrogens is 2. The number of benzene rings is 1. The maximum atomic E-state index is 12.1. The lowest BCUT2D eigenvalue weighted by atomic mass is 10.2. The van der Waals surface area contributed by atoms with Gasteiger partial charge in [-0.25, -0.2) is 5.10 Å². The third kappa shape index (κ3) is 3.42. The zero-order valence-electron chi connectivity index (χ0n) is 10.3. The summed E-state index contributed by atoms with van der Waals surface area (Å²) in [5.41, 5.74) is 0.783. The molecule has 1 N–H and O–H groups in total. The second-order valence-electron chi connectivity index (χ2n) is 4.10. The van der Waals surface area contributed by atoms with Gasteiger partial charge < -0.3 is 4.90 Å². The summed E-state index contributed by atoms with van der Waals surface area (Å²) in [6.45, 7) is 0.417. The third-order valence-electron chi connectivity index (χ3n) is 2.55. The van der Waals surface area contributed by atoms with Gasteiger partial charge in [0, 0.05) is 24.7 Å². The fourth-order valence-corrected chi connectivity index (χ4v) is 1.85. The summed E-state index contributed by atoms with van der Waals surface area (Å²) >= 11 is 5.89. The number of H-pyrrole nitrogens is 1. The third-order valence-corrected chi connectivity index (χ3v) is 2.79. The summed E-state index contributed by atoms with van der Waals surface area (Å²) in [6.07, 6.45) is 0. The molecule has 2 aromatic rings. The van der Waals surface area contributed by atoms with Gasteiger partial charge in [0.05, 0.1) is 0 Å². The van der Waals surface area contributed by atoms with Crippen molar-refractivity contribution >= 4 is 17.5 Å². The summed E-state index contributed by atoms with van der Waals surface area (Å²) in [6, 6.07) is 9.95. The van der Waals surface area contributed by atoms with Crippen molar-refractivity contribution in [2.45, 2.75) is 6.54 Å². The predicted molar refractivity (Wildman–Crippen MR) is 72.1 cm³/mol. The van der Waals surface area contributed by atoms with Crippen molar-refractivity contribution in [2.75, 3.05) is 7.05 Å². The van der Waals surface area contributed by atoms with Gasteiger partial charge in [0.1, 0.15) is 5.69 Å². The van der Waals surface area contributed by atoms with Gasteiger partial charge in [-0.3, -0.25) is 9.59 Å². The fraction of sp³-hybridized carbons (Fsp3) is 0.154. The molecular weight excluding hydrogens is 266 g/mol. The summed E-state index contributed by atoms with van der Waals surface area (Å²) in [7, 11) is 1.66. The van der Waals surface area contributed by atoms with E-state index in [-0.39, 0.29) is 17.2 Å². The molecular formula is C13H12ClN3O2. The lowest BCUT2D eigenvalue weighted by molar-refractivity contribution is 0.0778. The Morgan fingerprint density at radius 1 is 1.37 bits per heavy atom. The Labute approximate surface area is 114 Å². The Hall–Kier alpha value is -2.14. The molecule has 0 saturated carbocycles. The van der Waals surface area contributed by atoms with Crippen LogP contribution in [0.15, 0.2) is 41.2 Å². The molecule has 0 saturated heterocycles. The SMILES string of the molecule is CN(Cc1cccc(Cl)c1)C(=O)c1ccc(=O)[nH]n1. The van der Waals surface area contributed by atoms with Gasteiger partial charge >= 0.3 is 0 Å². The number of aromatic amines is 1. The van der Waals surface area contributed by atoms with Crippen LogP contribution in [0.25, 0.3) is 0 Å². The molecule has 1 aromatic heterocycles. The molecule has 0 fully saturated rings. The molecule has 1 amide bonds.